The van der Waals surface area contributed by atoms with Crippen LogP contribution in [0.1, 0.15) is 11.1 Å². The first-order valence-electron chi connectivity index (χ1n) is 8.70. The minimum atomic E-state index is -3.74. The van der Waals surface area contributed by atoms with Crippen molar-refractivity contribution in [3.8, 4) is 0 Å². The Bertz CT molecular complexity index is 1120. The van der Waals surface area contributed by atoms with Gasteiger partial charge in [0.1, 0.15) is 0 Å². The van der Waals surface area contributed by atoms with Crippen molar-refractivity contribution in [2.45, 2.75) is 11.8 Å². The molecule has 3 aromatic rings. The molecule has 1 N–H and O–H groups in total. The molecule has 7 heteroatoms. The number of aryl methyl sites for hydroxylation is 1. The zero-order valence-electron chi connectivity index (χ0n) is 15.7. The van der Waals surface area contributed by atoms with E-state index in [0.29, 0.717) is 0 Å². The fourth-order valence-electron chi connectivity index (χ4n) is 2.75. The summed E-state index contributed by atoms with van der Waals surface area (Å²) in [6.07, 6.45) is 1.55. The lowest BCUT2D eigenvalue weighted by atomic mass is 10.1. The summed E-state index contributed by atoms with van der Waals surface area (Å²) in [6, 6.07) is 20.1. The normalized spacial score (nSPS) is 12.0. The molecule has 0 aliphatic carbocycles. The summed E-state index contributed by atoms with van der Waals surface area (Å²) in [5.74, 6) is -0.519. The SMILES string of the molecule is Cc1ccc(S(=O)(=O)N(C)CC(=O)N/N=C\c2cccc3ccccc23)cc1. The van der Waals surface area contributed by atoms with E-state index in [1.54, 1.807) is 18.3 Å². The summed E-state index contributed by atoms with van der Waals surface area (Å²) < 4.78 is 26.1. The number of nitrogens with zero attached hydrogens (tertiary/aromatic N) is 2. The van der Waals surface area contributed by atoms with E-state index in [4.69, 9.17) is 0 Å². The predicted octanol–water partition coefficient (Wildman–Crippen LogP) is 2.92. The zero-order valence-corrected chi connectivity index (χ0v) is 16.5. The van der Waals surface area contributed by atoms with Crippen LogP contribution in [0.15, 0.2) is 76.7 Å². The summed E-state index contributed by atoms with van der Waals surface area (Å²) in [4.78, 5) is 12.3. The van der Waals surface area contributed by atoms with Crippen molar-refractivity contribution in [1.82, 2.24) is 9.73 Å². The van der Waals surface area contributed by atoms with E-state index in [2.05, 4.69) is 10.5 Å². The summed E-state index contributed by atoms with van der Waals surface area (Å²) in [5, 5.41) is 6.05. The number of fused-ring (bicyclic) bond motifs is 1. The molecule has 0 saturated heterocycles. The first-order chi connectivity index (χ1) is 13.4. The number of amides is 1. The lowest BCUT2D eigenvalue weighted by molar-refractivity contribution is -0.121. The standard InChI is InChI=1S/C21H21N3O3S/c1-16-10-12-19(13-11-16)28(26,27)24(2)15-21(25)23-22-14-18-8-5-7-17-6-3-4-9-20(17)18/h3-14H,15H2,1-2H3,(H,23,25)/b22-14-. The van der Waals surface area contributed by atoms with Gasteiger partial charge in [-0.05, 0) is 29.8 Å². The second-order valence-corrected chi connectivity index (χ2v) is 8.48. The highest BCUT2D eigenvalue weighted by atomic mass is 32.2. The average molecular weight is 395 g/mol. The molecule has 0 aromatic heterocycles. The number of rotatable bonds is 6. The van der Waals surface area contributed by atoms with Crippen molar-refractivity contribution in [3.05, 3.63) is 77.9 Å². The number of likely N-dealkylation sites (N-methyl/N-ethyl adjacent to an activating group) is 1. The van der Waals surface area contributed by atoms with E-state index in [-0.39, 0.29) is 11.4 Å². The van der Waals surface area contributed by atoms with Crippen molar-refractivity contribution >= 4 is 32.9 Å². The summed E-state index contributed by atoms with van der Waals surface area (Å²) in [5.41, 5.74) is 4.20. The molecule has 28 heavy (non-hydrogen) atoms. The monoisotopic (exact) mass is 395 g/mol. The molecule has 0 aliphatic rings. The molecule has 0 unspecified atom stereocenters. The second-order valence-electron chi connectivity index (χ2n) is 6.44. The molecular weight excluding hydrogens is 374 g/mol. The van der Waals surface area contributed by atoms with Crippen LogP contribution in [0, 0.1) is 6.92 Å². The van der Waals surface area contributed by atoms with Crippen LogP contribution in [-0.2, 0) is 14.8 Å². The second kappa shape index (κ2) is 8.33. The van der Waals surface area contributed by atoms with E-state index < -0.39 is 15.9 Å². The van der Waals surface area contributed by atoms with E-state index in [1.165, 1.54) is 19.2 Å². The first-order valence-corrected chi connectivity index (χ1v) is 10.1. The van der Waals surface area contributed by atoms with Gasteiger partial charge in [-0.3, -0.25) is 4.79 Å². The largest absolute Gasteiger partial charge is 0.272 e. The highest BCUT2D eigenvalue weighted by Gasteiger charge is 2.22. The van der Waals surface area contributed by atoms with Gasteiger partial charge in [-0.25, -0.2) is 13.8 Å². The Balaban J connectivity index is 1.65. The number of carbonyl (C=O) groups excluding carboxylic acids is 1. The van der Waals surface area contributed by atoms with E-state index in [0.717, 1.165) is 26.2 Å². The summed E-state index contributed by atoms with van der Waals surface area (Å²) in [6.45, 7) is 1.55. The molecule has 0 spiro atoms. The molecule has 144 valence electrons. The zero-order chi connectivity index (χ0) is 20.1. The molecule has 0 heterocycles. The maximum atomic E-state index is 12.5. The maximum Gasteiger partial charge on any atom is 0.255 e. The molecule has 0 atom stereocenters. The van der Waals surface area contributed by atoms with Gasteiger partial charge in [-0.15, -0.1) is 0 Å². The Labute approximate surface area is 164 Å². The summed E-state index contributed by atoms with van der Waals surface area (Å²) in [7, 11) is -2.37. The van der Waals surface area contributed by atoms with Crippen LogP contribution in [0.4, 0.5) is 0 Å². The number of carbonyl (C=O) groups is 1. The third kappa shape index (κ3) is 4.44. The Morgan fingerprint density at radius 1 is 1.04 bits per heavy atom. The molecule has 3 rings (SSSR count). The van der Waals surface area contributed by atoms with Gasteiger partial charge in [0.25, 0.3) is 5.91 Å². The third-order valence-corrected chi connectivity index (χ3v) is 6.13. The number of nitrogens with one attached hydrogen (secondary N) is 1. The number of sulfonamides is 1. The summed E-state index contributed by atoms with van der Waals surface area (Å²) >= 11 is 0. The third-order valence-electron chi connectivity index (χ3n) is 4.31. The van der Waals surface area contributed by atoms with Gasteiger partial charge < -0.3 is 0 Å². The molecule has 0 bridgehead atoms. The van der Waals surface area contributed by atoms with Gasteiger partial charge >= 0.3 is 0 Å². The van der Waals surface area contributed by atoms with Gasteiger partial charge in [0.15, 0.2) is 0 Å². The van der Waals surface area contributed by atoms with Crippen molar-refractivity contribution in [3.63, 3.8) is 0 Å². The smallest absolute Gasteiger partial charge is 0.255 e. The van der Waals surface area contributed by atoms with Gasteiger partial charge in [0.05, 0.1) is 17.7 Å². The van der Waals surface area contributed by atoms with Gasteiger partial charge in [-0.2, -0.15) is 9.41 Å². The van der Waals surface area contributed by atoms with Crippen LogP contribution in [-0.4, -0.2) is 38.4 Å². The Hall–Kier alpha value is -3.03. The van der Waals surface area contributed by atoms with Crippen LogP contribution >= 0.6 is 0 Å². The minimum Gasteiger partial charge on any atom is -0.272 e. The van der Waals surface area contributed by atoms with Crippen LogP contribution in [0.25, 0.3) is 10.8 Å². The molecule has 6 nitrogen and oxygen atoms in total. The lowest BCUT2D eigenvalue weighted by Crippen LogP contribution is -2.36. The number of benzene rings is 3. The van der Waals surface area contributed by atoms with Gasteiger partial charge in [0, 0.05) is 12.6 Å². The molecular formula is C21H21N3O3S. The van der Waals surface area contributed by atoms with Crippen LogP contribution < -0.4 is 5.43 Å². The molecule has 1 amide bonds. The Morgan fingerprint density at radius 2 is 1.71 bits per heavy atom. The minimum absolute atomic E-state index is 0.146. The van der Waals surface area contributed by atoms with Crippen molar-refractivity contribution < 1.29 is 13.2 Å². The van der Waals surface area contributed by atoms with E-state index in [1.807, 2.05) is 49.4 Å². The lowest BCUT2D eigenvalue weighted by Gasteiger charge is -2.16. The van der Waals surface area contributed by atoms with E-state index in [9.17, 15) is 13.2 Å². The van der Waals surface area contributed by atoms with Gasteiger partial charge in [0.2, 0.25) is 10.0 Å². The van der Waals surface area contributed by atoms with Crippen LogP contribution in [0.3, 0.4) is 0 Å². The first kappa shape index (κ1) is 19.7. The van der Waals surface area contributed by atoms with E-state index >= 15 is 0 Å². The van der Waals surface area contributed by atoms with Gasteiger partial charge in [-0.1, -0.05) is 60.2 Å². The Morgan fingerprint density at radius 3 is 2.46 bits per heavy atom. The molecule has 0 saturated carbocycles. The molecule has 3 aromatic carbocycles. The van der Waals surface area contributed by atoms with Crippen molar-refractivity contribution in [2.24, 2.45) is 5.10 Å². The number of hydrogen-bond acceptors (Lipinski definition) is 4. The Kier molecular flexibility index (Phi) is 5.87. The van der Waals surface area contributed by atoms with Crippen LogP contribution in [0.2, 0.25) is 0 Å². The topological polar surface area (TPSA) is 78.8 Å². The maximum absolute atomic E-state index is 12.5. The fourth-order valence-corrected chi connectivity index (χ4v) is 3.88. The van der Waals surface area contributed by atoms with Crippen molar-refractivity contribution in [2.75, 3.05) is 13.6 Å². The quantitative estimate of drug-likeness (QED) is 0.515. The molecule has 0 radical (unpaired) electrons. The van der Waals surface area contributed by atoms with Crippen LogP contribution in [0.5, 0.6) is 0 Å². The number of hydrazone groups is 1. The molecule has 0 fully saturated rings. The fraction of sp³-hybridized carbons (Fsp3) is 0.143. The van der Waals surface area contributed by atoms with Crippen molar-refractivity contribution in [1.29, 1.82) is 0 Å². The average Bonchev–Trinajstić information content (AvgIpc) is 2.68. The molecule has 0 aliphatic heterocycles. The number of hydrogen-bond donors (Lipinski definition) is 1. The predicted molar refractivity (Wildman–Crippen MR) is 111 cm³/mol. The highest BCUT2D eigenvalue weighted by molar-refractivity contribution is 7.89. The highest BCUT2D eigenvalue weighted by Crippen LogP contribution is 2.17.